The molecule has 1 amide bonds. The van der Waals surface area contributed by atoms with Crippen LogP contribution < -0.4 is 10.9 Å². The molecular formula is C20H20N2O3. The highest BCUT2D eigenvalue weighted by Gasteiger charge is 2.10. The molecule has 25 heavy (non-hydrogen) atoms. The average Bonchev–Trinajstić information content (AvgIpc) is 2.61. The van der Waals surface area contributed by atoms with Gasteiger partial charge in [0.2, 0.25) is 0 Å². The van der Waals surface area contributed by atoms with Gasteiger partial charge in [-0.15, -0.1) is 0 Å². The molecule has 1 aromatic heterocycles. The molecule has 0 aliphatic heterocycles. The van der Waals surface area contributed by atoms with Crippen LogP contribution in [0.15, 0.2) is 59.5 Å². The van der Waals surface area contributed by atoms with E-state index in [4.69, 9.17) is 4.74 Å². The summed E-state index contributed by atoms with van der Waals surface area (Å²) >= 11 is 0. The predicted molar refractivity (Wildman–Crippen MR) is 99.2 cm³/mol. The Labute approximate surface area is 145 Å². The molecule has 2 aromatic carbocycles. The highest BCUT2D eigenvalue weighted by molar-refractivity contribution is 6.09. The molecule has 0 aliphatic rings. The minimum Gasteiger partial charge on any atom is -0.383 e. The van der Waals surface area contributed by atoms with Crippen molar-refractivity contribution in [3.63, 3.8) is 0 Å². The van der Waals surface area contributed by atoms with Gasteiger partial charge in [0, 0.05) is 41.9 Å². The fraction of sp³-hybridized carbons (Fsp3) is 0.200. The number of rotatable bonds is 5. The van der Waals surface area contributed by atoms with Crippen LogP contribution in [-0.4, -0.2) is 24.2 Å². The van der Waals surface area contributed by atoms with Crippen molar-refractivity contribution in [2.24, 2.45) is 0 Å². The van der Waals surface area contributed by atoms with Crippen LogP contribution in [0.4, 0.5) is 5.69 Å². The van der Waals surface area contributed by atoms with Crippen LogP contribution in [0, 0.1) is 6.92 Å². The van der Waals surface area contributed by atoms with Crippen LogP contribution in [0.25, 0.3) is 10.8 Å². The van der Waals surface area contributed by atoms with Crippen LogP contribution in [0.1, 0.15) is 15.9 Å². The summed E-state index contributed by atoms with van der Waals surface area (Å²) in [5, 5.41) is 4.20. The Bertz CT molecular complexity index is 976. The summed E-state index contributed by atoms with van der Waals surface area (Å²) < 4.78 is 6.64. The molecule has 3 rings (SSSR count). The molecule has 1 heterocycles. The van der Waals surface area contributed by atoms with E-state index in [1.807, 2.05) is 31.2 Å². The van der Waals surface area contributed by atoms with Gasteiger partial charge in [0.1, 0.15) is 0 Å². The van der Waals surface area contributed by atoms with Gasteiger partial charge in [0.25, 0.3) is 11.5 Å². The normalized spacial score (nSPS) is 10.8. The number of nitrogens with one attached hydrogen (secondary N) is 1. The highest BCUT2D eigenvalue weighted by Crippen LogP contribution is 2.21. The fourth-order valence-electron chi connectivity index (χ4n) is 2.77. The maximum Gasteiger partial charge on any atom is 0.258 e. The minimum atomic E-state index is -0.195. The lowest BCUT2D eigenvalue weighted by Crippen LogP contribution is -2.22. The van der Waals surface area contributed by atoms with Crippen molar-refractivity contribution in [1.82, 2.24) is 4.57 Å². The Morgan fingerprint density at radius 1 is 1.12 bits per heavy atom. The second kappa shape index (κ2) is 7.32. The van der Waals surface area contributed by atoms with Crippen molar-refractivity contribution in [1.29, 1.82) is 0 Å². The Kier molecular flexibility index (Phi) is 4.95. The summed E-state index contributed by atoms with van der Waals surface area (Å²) in [6.45, 7) is 2.90. The number of carbonyl (C=O) groups excluding carboxylic acids is 1. The molecule has 0 spiro atoms. The number of hydrogen-bond acceptors (Lipinski definition) is 3. The highest BCUT2D eigenvalue weighted by atomic mass is 16.5. The number of nitrogens with zero attached hydrogens (tertiary/aromatic N) is 1. The van der Waals surface area contributed by atoms with E-state index in [0.29, 0.717) is 29.8 Å². The number of pyridine rings is 1. The number of aromatic nitrogens is 1. The first kappa shape index (κ1) is 16.9. The van der Waals surface area contributed by atoms with Gasteiger partial charge in [-0.3, -0.25) is 9.59 Å². The molecule has 0 fully saturated rings. The largest absolute Gasteiger partial charge is 0.383 e. The van der Waals surface area contributed by atoms with Gasteiger partial charge in [-0.25, -0.2) is 0 Å². The van der Waals surface area contributed by atoms with E-state index in [9.17, 15) is 9.59 Å². The van der Waals surface area contributed by atoms with Crippen LogP contribution in [-0.2, 0) is 11.3 Å². The summed E-state index contributed by atoms with van der Waals surface area (Å²) in [4.78, 5) is 25.1. The van der Waals surface area contributed by atoms with Crippen molar-refractivity contribution >= 4 is 22.4 Å². The summed E-state index contributed by atoms with van der Waals surface area (Å²) in [7, 11) is 1.60. The number of amides is 1. The van der Waals surface area contributed by atoms with Crippen molar-refractivity contribution < 1.29 is 9.53 Å². The van der Waals surface area contributed by atoms with Gasteiger partial charge in [-0.1, -0.05) is 23.8 Å². The Morgan fingerprint density at radius 2 is 1.92 bits per heavy atom. The van der Waals surface area contributed by atoms with E-state index in [0.717, 1.165) is 10.9 Å². The number of hydrogen-bond donors (Lipinski definition) is 1. The van der Waals surface area contributed by atoms with Gasteiger partial charge >= 0.3 is 0 Å². The summed E-state index contributed by atoms with van der Waals surface area (Å²) in [5.74, 6) is -0.195. The van der Waals surface area contributed by atoms with Gasteiger partial charge in [0.15, 0.2) is 0 Å². The number of aryl methyl sites for hydroxylation is 1. The monoisotopic (exact) mass is 336 g/mol. The number of ether oxygens (including phenoxy) is 1. The van der Waals surface area contributed by atoms with Crippen LogP contribution >= 0.6 is 0 Å². The van der Waals surface area contributed by atoms with E-state index in [1.165, 1.54) is 0 Å². The quantitative estimate of drug-likeness (QED) is 0.778. The molecule has 0 unspecified atom stereocenters. The maximum absolute atomic E-state index is 12.6. The van der Waals surface area contributed by atoms with E-state index >= 15 is 0 Å². The third kappa shape index (κ3) is 3.61. The molecule has 5 heteroatoms. The minimum absolute atomic E-state index is 0.0961. The number of carbonyl (C=O) groups is 1. The van der Waals surface area contributed by atoms with Crippen LogP contribution in [0.5, 0.6) is 0 Å². The molecule has 1 N–H and O–H groups in total. The predicted octanol–water partition coefficient (Wildman–Crippen LogP) is 3.21. The molecule has 0 aliphatic carbocycles. The SMILES string of the molecule is COCCn1ccc2c(NC(=O)c3cccc(C)c3)cccc2c1=O. The standard InChI is InChI=1S/C20H20N2O3/c1-14-5-3-6-15(13-14)19(23)21-18-8-4-7-17-16(18)9-10-22(20(17)24)11-12-25-2/h3-10,13H,11-12H2,1-2H3,(H,21,23). The summed E-state index contributed by atoms with van der Waals surface area (Å²) in [6, 6.07) is 14.6. The second-order valence-corrected chi connectivity index (χ2v) is 5.90. The first-order valence-corrected chi connectivity index (χ1v) is 8.09. The number of methoxy groups -OCH3 is 1. The number of fused-ring (bicyclic) bond motifs is 1. The number of benzene rings is 2. The van der Waals surface area contributed by atoms with Crippen molar-refractivity contribution in [3.8, 4) is 0 Å². The van der Waals surface area contributed by atoms with Crippen LogP contribution in [0.3, 0.4) is 0 Å². The molecule has 0 saturated carbocycles. The summed E-state index contributed by atoms with van der Waals surface area (Å²) in [6.07, 6.45) is 1.73. The summed E-state index contributed by atoms with van der Waals surface area (Å²) in [5.41, 5.74) is 2.14. The molecule has 5 nitrogen and oxygen atoms in total. The lowest BCUT2D eigenvalue weighted by Gasteiger charge is -2.11. The smallest absolute Gasteiger partial charge is 0.258 e. The Balaban J connectivity index is 1.96. The average molecular weight is 336 g/mol. The van der Waals surface area contributed by atoms with Gasteiger partial charge < -0.3 is 14.6 Å². The zero-order chi connectivity index (χ0) is 17.8. The Hall–Kier alpha value is -2.92. The lowest BCUT2D eigenvalue weighted by molar-refractivity contribution is 0.102. The lowest BCUT2D eigenvalue weighted by atomic mass is 10.1. The van der Waals surface area contributed by atoms with Gasteiger partial charge in [-0.2, -0.15) is 0 Å². The van der Waals surface area contributed by atoms with Gasteiger partial charge in [0.05, 0.1) is 6.61 Å². The zero-order valence-electron chi connectivity index (χ0n) is 14.3. The maximum atomic E-state index is 12.6. The zero-order valence-corrected chi connectivity index (χ0v) is 14.3. The fourth-order valence-corrected chi connectivity index (χ4v) is 2.77. The molecule has 0 saturated heterocycles. The van der Waals surface area contributed by atoms with Crippen molar-refractivity contribution in [2.45, 2.75) is 13.5 Å². The molecule has 3 aromatic rings. The van der Waals surface area contributed by atoms with Crippen molar-refractivity contribution in [2.75, 3.05) is 19.0 Å². The third-order valence-corrected chi connectivity index (χ3v) is 4.08. The first-order chi connectivity index (χ1) is 12.1. The Morgan fingerprint density at radius 3 is 2.68 bits per heavy atom. The number of anilines is 1. The van der Waals surface area contributed by atoms with Crippen LogP contribution in [0.2, 0.25) is 0 Å². The molecule has 0 radical (unpaired) electrons. The molecule has 0 bridgehead atoms. The molecule has 0 atom stereocenters. The van der Waals surface area contributed by atoms with Crippen molar-refractivity contribution in [3.05, 3.63) is 76.2 Å². The topological polar surface area (TPSA) is 60.3 Å². The third-order valence-electron chi connectivity index (χ3n) is 4.08. The first-order valence-electron chi connectivity index (χ1n) is 8.09. The second-order valence-electron chi connectivity index (χ2n) is 5.90. The van der Waals surface area contributed by atoms with E-state index in [1.54, 1.807) is 42.1 Å². The van der Waals surface area contributed by atoms with E-state index in [-0.39, 0.29) is 11.5 Å². The van der Waals surface area contributed by atoms with Gasteiger partial charge in [-0.05, 0) is 37.3 Å². The van der Waals surface area contributed by atoms with E-state index < -0.39 is 0 Å². The van der Waals surface area contributed by atoms with E-state index in [2.05, 4.69) is 5.32 Å². The molecule has 128 valence electrons. The molecular weight excluding hydrogens is 316 g/mol.